The molecule has 0 spiro atoms. The summed E-state index contributed by atoms with van der Waals surface area (Å²) in [6.45, 7) is 6.30. The number of hydrogen-bond donors (Lipinski definition) is 2. The summed E-state index contributed by atoms with van der Waals surface area (Å²) >= 11 is 0. The van der Waals surface area contributed by atoms with Gasteiger partial charge in [0.05, 0.1) is 11.8 Å². The summed E-state index contributed by atoms with van der Waals surface area (Å²) in [4.78, 5) is 14.2. The number of carbonyl (C=O) groups is 1. The lowest BCUT2D eigenvalue weighted by atomic mass is 10.0. The van der Waals surface area contributed by atoms with Crippen LogP contribution in [0.5, 0.6) is 5.75 Å². The third kappa shape index (κ3) is 3.04. The molecule has 0 saturated carbocycles. The summed E-state index contributed by atoms with van der Waals surface area (Å²) < 4.78 is 5.77. The predicted octanol–water partition coefficient (Wildman–Crippen LogP) is 1.98. The smallest absolute Gasteiger partial charge is 0.268 e. The number of ether oxygens (including phenoxy) is 1. The molecule has 0 saturated heterocycles. The molecule has 3 N–H and O–H groups in total. The van der Waals surface area contributed by atoms with E-state index in [4.69, 9.17) is 10.5 Å². The van der Waals surface area contributed by atoms with E-state index >= 15 is 0 Å². The maximum Gasteiger partial charge on any atom is 0.268 e. The van der Waals surface area contributed by atoms with Crippen molar-refractivity contribution >= 4 is 11.6 Å². The molecule has 21 heavy (non-hydrogen) atoms. The first kappa shape index (κ1) is 15.8. The Bertz CT molecular complexity index is 516. The molecule has 2 rings (SSSR count). The molecule has 0 fully saturated rings. The average molecular weight is 292 g/mol. The number of amides is 1. The number of carbonyl (C=O) groups excluding carboxylic acids is 1. The quantitative estimate of drug-likeness (QED) is 0.870. The fourth-order valence-electron chi connectivity index (χ4n) is 2.62. The van der Waals surface area contributed by atoms with Crippen LogP contribution in [0.25, 0.3) is 0 Å². The number of aliphatic hydroxyl groups excluding tert-OH is 1. The molecule has 5 nitrogen and oxygen atoms in total. The van der Waals surface area contributed by atoms with Crippen LogP contribution in [0.4, 0.5) is 5.69 Å². The van der Waals surface area contributed by atoms with E-state index in [1.54, 1.807) is 4.90 Å². The molecule has 0 aromatic heterocycles. The molecule has 1 amide bonds. The third-order valence-electron chi connectivity index (χ3n) is 3.74. The summed E-state index contributed by atoms with van der Waals surface area (Å²) in [6, 6.07) is 5.53. The van der Waals surface area contributed by atoms with Gasteiger partial charge in [-0.3, -0.25) is 4.79 Å². The van der Waals surface area contributed by atoms with Crippen LogP contribution >= 0.6 is 0 Å². The molecule has 0 aliphatic carbocycles. The fraction of sp³-hybridized carbons (Fsp3) is 0.562. The van der Waals surface area contributed by atoms with Crippen molar-refractivity contribution in [2.24, 2.45) is 5.73 Å². The Kier molecular flexibility index (Phi) is 4.85. The monoisotopic (exact) mass is 292 g/mol. The van der Waals surface area contributed by atoms with Crippen molar-refractivity contribution in [3.05, 3.63) is 23.8 Å². The van der Waals surface area contributed by atoms with Gasteiger partial charge in [-0.2, -0.15) is 0 Å². The van der Waals surface area contributed by atoms with E-state index in [9.17, 15) is 9.90 Å². The number of nitrogens with two attached hydrogens (primary N) is 1. The molecular formula is C16H24N2O3. The summed E-state index contributed by atoms with van der Waals surface area (Å²) in [5.41, 5.74) is 6.98. The average Bonchev–Trinajstić information content (AvgIpc) is 2.45. The Balaban J connectivity index is 2.42. The first-order chi connectivity index (χ1) is 9.99. The van der Waals surface area contributed by atoms with E-state index < -0.39 is 12.2 Å². The highest BCUT2D eigenvalue weighted by molar-refractivity contribution is 6.00. The number of benzene rings is 1. The van der Waals surface area contributed by atoms with Gasteiger partial charge >= 0.3 is 0 Å². The zero-order valence-electron chi connectivity index (χ0n) is 12.9. The normalized spacial score (nSPS) is 19.4. The first-order valence-corrected chi connectivity index (χ1v) is 7.51. The van der Waals surface area contributed by atoms with E-state index in [0.29, 0.717) is 25.1 Å². The number of fused-ring (bicyclic) bond motifs is 1. The summed E-state index contributed by atoms with van der Waals surface area (Å²) in [5, 5.41) is 10.1. The van der Waals surface area contributed by atoms with Gasteiger partial charge in [-0.1, -0.05) is 13.0 Å². The summed E-state index contributed by atoms with van der Waals surface area (Å²) in [6.07, 6.45) is 0.0827. The van der Waals surface area contributed by atoms with Crippen molar-refractivity contribution in [1.82, 2.24) is 0 Å². The van der Waals surface area contributed by atoms with Crippen molar-refractivity contribution < 1.29 is 14.6 Å². The van der Waals surface area contributed by atoms with E-state index in [1.807, 2.05) is 39.0 Å². The van der Waals surface area contributed by atoms with Crippen molar-refractivity contribution in [2.45, 2.75) is 51.9 Å². The topological polar surface area (TPSA) is 75.8 Å². The van der Waals surface area contributed by atoms with Gasteiger partial charge in [0.1, 0.15) is 5.75 Å². The minimum atomic E-state index is -0.617. The molecule has 5 heteroatoms. The molecule has 1 aliphatic heterocycles. The second kappa shape index (κ2) is 6.45. The maximum atomic E-state index is 12.5. The number of anilines is 1. The van der Waals surface area contributed by atoms with Crippen LogP contribution in [0.2, 0.25) is 0 Å². The number of rotatable bonds is 5. The van der Waals surface area contributed by atoms with E-state index in [-0.39, 0.29) is 11.9 Å². The molecule has 2 atom stereocenters. The molecule has 1 aliphatic rings. The predicted molar refractivity (Wildman–Crippen MR) is 82.4 cm³/mol. The minimum Gasteiger partial charge on any atom is -0.478 e. The lowest BCUT2D eigenvalue weighted by Crippen LogP contribution is -2.48. The number of hydrogen-bond acceptors (Lipinski definition) is 4. The van der Waals surface area contributed by atoms with Crippen LogP contribution in [-0.2, 0) is 4.79 Å². The molecule has 0 bridgehead atoms. The zero-order chi connectivity index (χ0) is 15.6. The highest BCUT2D eigenvalue weighted by Crippen LogP contribution is 2.38. The fourth-order valence-corrected chi connectivity index (χ4v) is 2.62. The van der Waals surface area contributed by atoms with E-state index in [0.717, 1.165) is 11.3 Å². The Morgan fingerprint density at radius 1 is 1.43 bits per heavy atom. The van der Waals surface area contributed by atoms with Crippen molar-refractivity contribution in [2.75, 3.05) is 11.4 Å². The third-order valence-corrected chi connectivity index (χ3v) is 3.74. The van der Waals surface area contributed by atoms with Crippen molar-refractivity contribution in [3.63, 3.8) is 0 Å². The summed E-state index contributed by atoms with van der Waals surface area (Å²) in [5.74, 6) is 0.671. The van der Waals surface area contributed by atoms with Crippen LogP contribution in [0.3, 0.4) is 0 Å². The number of nitrogens with zero attached hydrogens (tertiary/aromatic N) is 1. The largest absolute Gasteiger partial charge is 0.478 e. The van der Waals surface area contributed by atoms with Crippen molar-refractivity contribution in [1.29, 1.82) is 0 Å². The highest BCUT2D eigenvalue weighted by atomic mass is 16.5. The Labute approximate surface area is 125 Å². The van der Waals surface area contributed by atoms with Crippen LogP contribution < -0.4 is 15.4 Å². The Morgan fingerprint density at radius 2 is 2.14 bits per heavy atom. The van der Waals surface area contributed by atoms with Gasteiger partial charge in [0.2, 0.25) is 0 Å². The Hall–Kier alpha value is -1.59. The van der Waals surface area contributed by atoms with Gasteiger partial charge in [0, 0.05) is 6.04 Å². The molecule has 1 heterocycles. The van der Waals surface area contributed by atoms with Gasteiger partial charge in [0.25, 0.3) is 5.91 Å². The minimum absolute atomic E-state index is 0.0227. The number of aliphatic hydroxyl groups is 1. The van der Waals surface area contributed by atoms with Gasteiger partial charge < -0.3 is 20.5 Å². The summed E-state index contributed by atoms with van der Waals surface area (Å²) in [7, 11) is 0. The zero-order valence-corrected chi connectivity index (χ0v) is 12.9. The lowest BCUT2D eigenvalue weighted by Gasteiger charge is -2.37. The maximum absolute atomic E-state index is 12.5. The standard InChI is InChI=1S/C16H24N2O3/c1-4-14-16(20)18(10(2)3)12-9-11(13(19)7-8-17)5-6-15(12)21-14/h5-6,9-10,13-14,19H,4,7-8,17H2,1-3H3. The molecule has 0 radical (unpaired) electrons. The van der Waals surface area contributed by atoms with Gasteiger partial charge in [-0.15, -0.1) is 0 Å². The van der Waals surface area contributed by atoms with Crippen LogP contribution in [-0.4, -0.2) is 29.7 Å². The molecule has 1 aromatic rings. The van der Waals surface area contributed by atoms with Gasteiger partial charge in [0.15, 0.2) is 6.10 Å². The van der Waals surface area contributed by atoms with E-state index in [1.165, 1.54) is 0 Å². The van der Waals surface area contributed by atoms with Crippen LogP contribution in [0.1, 0.15) is 45.3 Å². The SMILES string of the molecule is CCC1Oc2ccc(C(O)CCN)cc2N(C(C)C)C1=O. The second-order valence-electron chi connectivity index (χ2n) is 5.64. The molecule has 1 aromatic carbocycles. The Morgan fingerprint density at radius 3 is 2.71 bits per heavy atom. The lowest BCUT2D eigenvalue weighted by molar-refractivity contribution is -0.126. The molecule has 116 valence electrons. The molecule has 2 unspecified atom stereocenters. The van der Waals surface area contributed by atoms with Crippen LogP contribution in [0.15, 0.2) is 18.2 Å². The van der Waals surface area contributed by atoms with Gasteiger partial charge in [-0.05, 0) is 50.9 Å². The van der Waals surface area contributed by atoms with Crippen LogP contribution in [0, 0.1) is 0 Å². The first-order valence-electron chi connectivity index (χ1n) is 7.51. The second-order valence-corrected chi connectivity index (χ2v) is 5.64. The highest BCUT2D eigenvalue weighted by Gasteiger charge is 2.35. The van der Waals surface area contributed by atoms with E-state index in [2.05, 4.69) is 0 Å². The molecular weight excluding hydrogens is 268 g/mol. The van der Waals surface area contributed by atoms with Gasteiger partial charge in [-0.25, -0.2) is 0 Å². The van der Waals surface area contributed by atoms with Crippen molar-refractivity contribution in [3.8, 4) is 5.75 Å².